The molecule has 0 aliphatic carbocycles. The van der Waals surface area contributed by atoms with Gasteiger partial charge in [-0.3, -0.25) is 4.79 Å². The lowest BCUT2D eigenvalue weighted by Gasteiger charge is -2.17. The molecular formula is C19H23N7O2. The number of nitrogens with one attached hydrogen (secondary N) is 4. The molecule has 146 valence electrons. The Bertz CT molecular complexity index is 1030. The summed E-state index contributed by atoms with van der Waals surface area (Å²) < 4.78 is 7.03. The summed E-state index contributed by atoms with van der Waals surface area (Å²) in [5.74, 6) is 1.06. The fraction of sp³-hybridized carbons (Fsp3) is 0.316. The Kier molecular flexibility index (Phi) is 4.74. The third-order valence-electron chi connectivity index (χ3n) is 4.65. The van der Waals surface area contributed by atoms with Crippen LogP contribution in [0.1, 0.15) is 23.0 Å². The number of benzene rings is 1. The van der Waals surface area contributed by atoms with Crippen LogP contribution >= 0.6 is 0 Å². The van der Waals surface area contributed by atoms with Gasteiger partial charge in [-0.25, -0.2) is 9.50 Å². The van der Waals surface area contributed by atoms with Gasteiger partial charge in [0.2, 0.25) is 0 Å². The topological polar surface area (TPSA) is 105 Å². The van der Waals surface area contributed by atoms with E-state index in [1.807, 2.05) is 31.2 Å². The Hall–Kier alpha value is -3.33. The van der Waals surface area contributed by atoms with Gasteiger partial charge >= 0.3 is 0 Å². The number of methoxy groups -OCH3 is 1. The molecular weight excluding hydrogens is 358 g/mol. The zero-order valence-corrected chi connectivity index (χ0v) is 16.0. The van der Waals surface area contributed by atoms with Gasteiger partial charge in [0.05, 0.1) is 24.7 Å². The van der Waals surface area contributed by atoms with Gasteiger partial charge in [-0.1, -0.05) is 6.07 Å². The molecule has 0 radical (unpaired) electrons. The minimum absolute atomic E-state index is 0.0520. The molecule has 3 heterocycles. The number of anilines is 3. The summed E-state index contributed by atoms with van der Waals surface area (Å²) in [5, 5.41) is 17.4. The van der Waals surface area contributed by atoms with E-state index >= 15 is 0 Å². The van der Waals surface area contributed by atoms with Crippen LogP contribution in [0.5, 0.6) is 5.75 Å². The molecule has 0 saturated heterocycles. The first kappa shape index (κ1) is 18.1. The van der Waals surface area contributed by atoms with Crippen molar-refractivity contribution in [1.82, 2.24) is 25.2 Å². The smallest absolute Gasteiger partial charge is 0.271 e. The summed E-state index contributed by atoms with van der Waals surface area (Å²) in [7, 11) is 3.44. The highest BCUT2D eigenvalue weighted by molar-refractivity contribution is 5.94. The maximum atomic E-state index is 12.7. The lowest BCUT2D eigenvalue weighted by molar-refractivity contribution is 0.0932. The second kappa shape index (κ2) is 7.35. The molecule has 2 aromatic heterocycles. The van der Waals surface area contributed by atoms with Gasteiger partial charge in [-0.05, 0) is 24.6 Å². The molecule has 1 aromatic carbocycles. The molecule has 28 heavy (non-hydrogen) atoms. The average molecular weight is 381 g/mol. The van der Waals surface area contributed by atoms with Crippen molar-refractivity contribution in [2.75, 3.05) is 31.3 Å². The number of aromatic nitrogens is 3. The molecule has 0 saturated carbocycles. The highest BCUT2D eigenvalue weighted by atomic mass is 16.5. The molecule has 0 fully saturated rings. The van der Waals surface area contributed by atoms with Crippen LogP contribution in [0.25, 0.3) is 5.65 Å². The normalized spacial score (nSPS) is 17.0. The van der Waals surface area contributed by atoms with E-state index in [1.54, 1.807) is 18.7 Å². The van der Waals surface area contributed by atoms with Gasteiger partial charge in [0.25, 0.3) is 5.91 Å². The second-order valence-corrected chi connectivity index (χ2v) is 6.74. The van der Waals surface area contributed by atoms with Crippen LogP contribution in [-0.4, -0.2) is 47.2 Å². The lowest BCUT2D eigenvalue weighted by Crippen LogP contribution is -2.40. The van der Waals surface area contributed by atoms with E-state index in [2.05, 4.69) is 31.3 Å². The van der Waals surface area contributed by atoms with Gasteiger partial charge in [0, 0.05) is 32.2 Å². The van der Waals surface area contributed by atoms with Crippen molar-refractivity contribution >= 4 is 28.7 Å². The fourth-order valence-corrected chi connectivity index (χ4v) is 3.25. The van der Waals surface area contributed by atoms with E-state index in [0.29, 0.717) is 36.0 Å². The van der Waals surface area contributed by atoms with Crippen LogP contribution in [0.2, 0.25) is 0 Å². The highest BCUT2D eigenvalue weighted by Gasteiger charge is 2.19. The van der Waals surface area contributed by atoms with E-state index in [0.717, 1.165) is 16.9 Å². The second-order valence-electron chi connectivity index (χ2n) is 6.74. The summed E-state index contributed by atoms with van der Waals surface area (Å²) in [6.07, 6.45) is 1.54. The van der Waals surface area contributed by atoms with E-state index in [-0.39, 0.29) is 11.9 Å². The Morgan fingerprint density at radius 3 is 2.96 bits per heavy atom. The van der Waals surface area contributed by atoms with Gasteiger partial charge in [0.15, 0.2) is 17.2 Å². The average Bonchev–Trinajstić information content (AvgIpc) is 3.11. The van der Waals surface area contributed by atoms with Crippen LogP contribution < -0.4 is 26.0 Å². The Labute approximate surface area is 162 Å². The quantitative estimate of drug-likeness (QED) is 0.536. The van der Waals surface area contributed by atoms with E-state index < -0.39 is 0 Å². The maximum Gasteiger partial charge on any atom is 0.271 e. The van der Waals surface area contributed by atoms with Crippen molar-refractivity contribution in [2.45, 2.75) is 19.5 Å². The lowest BCUT2D eigenvalue weighted by atomic mass is 10.1. The molecule has 9 heteroatoms. The summed E-state index contributed by atoms with van der Waals surface area (Å²) >= 11 is 0. The van der Waals surface area contributed by atoms with Crippen LogP contribution in [0.15, 0.2) is 30.5 Å². The van der Waals surface area contributed by atoms with E-state index in [4.69, 9.17) is 4.74 Å². The molecule has 0 unspecified atom stereocenters. The van der Waals surface area contributed by atoms with E-state index in [9.17, 15) is 4.79 Å². The fourth-order valence-electron chi connectivity index (χ4n) is 3.25. The van der Waals surface area contributed by atoms with Crippen molar-refractivity contribution in [2.24, 2.45) is 0 Å². The standard InChI is InChI=1S/C19H23N7O2/c1-11-8-21-9-12-4-5-16(28-3)13(6-12)24-17-7-14(20-2)18-22-10-15(19(27)23-11)26(18)25-17/h4-7,10-11,20-21H,8-9H2,1-3H3,(H,23,27)(H,24,25)/t11-/m1/s1. The molecule has 1 amide bonds. The number of rotatable bonds is 2. The molecule has 0 spiro atoms. The molecule has 1 aliphatic rings. The summed E-state index contributed by atoms with van der Waals surface area (Å²) in [5.41, 5.74) is 3.61. The van der Waals surface area contributed by atoms with Crippen molar-refractivity contribution < 1.29 is 9.53 Å². The number of ether oxygens (including phenoxy) is 1. The number of amides is 1. The first-order chi connectivity index (χ1) is 13.6. The highest BCUT2D eigenvalue weighted by Crippen LogP contribution is 2.30. The Balaban J connectivity index is 1.88. The monoisotopic (exact) mass is 381 g/mol. The number of nitrogens with zero attached hydrogens (tertiary/aromatic N) is 3. The molecule has 9 nitrogen and oxygen atoms in total. The molecule has 3 aromatic rings. The van der Waals surface area contributed by atoms with Crippen LogP contribution in [0, 0.1) is 0 Å². The minimum Gasteiger partial charge on any atom is -0.495 e. The molecule has 4 rings (SSSR count). The third-order valence-corrected chi connectivity index (χ3v) is 4.65. The molecule has 1 atom stereocenters. The summed E-state index contributed by atoms with van der Waals surface area (Å²) in [6, 6.07) is 7.76. The van der Waals surface area contributed by atoms with Crippen molar-refractivity contribution in [3.8, 4) is 5.75 Å². The number of carbonyl (C=O) groups excluding carboxylic acids is 1. The SMILES string of the molecule is CNc1cc2nn3c(cnc13)C(=O)N[C@H](C)CNCc1ccc(OC)c(c1)N2. The number of imidazole rings is 1. The van der Waals surface area contributed by atoms with Crippen molar-refractivity contribution in [3.63, 3.8) is 0 Å². The number of hydrogen-bond donors (Lipinski definition) is 4. The van der Waals surface area contributed by atoms with Crippen molar-refractivity contribution in [1.29, 1.82) is 0 Å². The molecule has 4 bridgehead atoms. The Morgan fingerprint density at radius 1 is 1.32 bits per heavy atom. The van der Waals surface area contributed by atoms with Crippen LogP contribution in [0.4, 0.5) is 17.2 Å². The van der Waals surface area contributed by atoms with E-state index in [1.165, 1.54) is 6.20 Å². The predicted octanol–water partition coefficient (Wildman–Crippen LogP) is 1.74. The number of carbonyl (C=O) groups is 1. The number of hydrogen-bond acceptors (Lipinski definition) is 7. The van der Waals surface area contributed by atoms with Crippen LogP contribution in [-0.2, 0) is 6.54 Å². The van der Waals surface area contributed by atoms with Gasteiger partial charge < -0.3 is 26.0 Å². The molecule has 4 N–H and O–H groups in total. The number of fused-ring (bicyclic) bond motifs is 3. The third kappa shape index (κ3) is 3.31. The summed E-state index contributed by atoms with van der Waals surface area (Å²) in [6.45, 7) is 3.27. The first-order valence-electron chi connectivity index (χ1n) is 9.11. The van der Waals surface area contributed by atoms with Gasteiger partial charge in [-0.2, -0.15) is 0 Å². The van der Waals surface area contributed by atoms with Crippen molar-refractivity contribution in [3.05, 3.63) is 41.7 Å². The van der Waals surface area contributed by atoms with Crippen LogP contribution in [0.3, 0.4) is 0 Å². The van der Waals surface area contributed by atoms with Gasteiger partial charge in [-0.15, -0.1) is 5.10 Å². The Morgan fingerprint density at radius 2 is 2.18 bits per heavy atom. The first-order valence-corrected chi connectivity index (χ1v) is 9.11. The zero-order valence-electron chi connectivity index (χ0n) is 16.0. The van der Waals surface area contributed by atoms with Gasteiger partial charge in [0.1, 0.15) is 5.75 Å². The summed E-state index contributed by atoms with van der Waals surface area (Å²) in [4.78, 5) is 17.1. The maximum absolute atomic E-state index is 12.7. The minimum atomic E-state index is -0.221. The zero-order chi connectivity index (χ0) is 19.7. The largest absolute Gasteiger partial charge is 0.495 e. The molecule has 1 aliphatic heterocycles. The predicted molar refractivity (Wildman–Crippen MR) is 107 cm³/mol.